The first-order chi connectivity index (χ1) is 12.2. The van der Waals surface area contributed by atoms with E-state index in [-0.39, 0.29) is 17.4 Å². The minimum absolute atomic E-state index is 0.156. The molecule has 1 aliphatic carbocycles. The molecule has 2 aliphatic rings. The van der Waals surface area contributed by atoms with Crippen molar-refractivity contribution in [1.82, 2.24) is 10.3 Å². The van der Waals surface area contributed by atoms with Crippen molar-refractivity contribution < 1.29 is 9.21 Å². The monoisotopic (exact) mass is 350 g/mol. The van der Waals surface area contributed by atoms with Crippen molar-refractivity contribution in [1.29, 1.82) is 0 Å². The molecule has 0 spiro atoms. The van der Waals surface area contributed by atoms with E-state index in [1.54, 1.807) is 23.5 Å². The van der Waals surface area contributed by atoms with Crippen molar-refractivity contribution in [2.45, 2.75) is 25.7 Å². The zero-order valence-electron chi connectivity index (χ0n) is 13.3. The highest BCUT2D eigenvalue weighted by molar-refractivity contribution is 7.18. The molecular weight excluding hydrogens is 336 g/mol. The Morgan fingerprint density at radius 2 is 1.92 bits per heavy atom. The van der Waals surface area contributed by atoms with Gasteiger partial charge in [-0.25, -0.2) is 9.78 Å². The first kappa shape index (κ1) is 14.6. The second kappa shape index (κ2) is 5.39. The van der Waals surface area contributed by atoms with E-state index in [4.69, 9.17) is 4.42 Å². The maximum absolute atomic E-state index is 12.5. The Morgan fingerprint density at radius 3 is 2.80 bits per heavy atom. The fraction of sp³-hybridized carbons (Fsp3) is 0.211. The smallest absolute Gasteiger partial charge is 0.348 e. The van der Waals surface area contributed by atoms with Crippen LogP contribution in [0.1, 0.15) is 45.1 Å². The molecule has 0 atom stereocenters. The number of carbonyl (C=O) groups excluding carboxylic acids is 1. The van der Waals surface area contributed by atoms with Crippen LogP contribution in [0.25, 0.3) is 22.0 Å². The highest BCUT2D eigenvalue weighted by Crippen LogP contribution is 2.34. The average molecular weight is 350 g/mol. The molecule has 0 bridgehead atoms. The molecule has 1 aliphatic heterocycles. The lowest BCUT2D eigenvalue weighted by atomic mass is 9.97. The van der Waals surface area contributed by atoms with Crippen LogP contribution in [0.3, 0.4) is 0 Å². The van der Waals surface area contributed by atoms with Crippen LogP contribution in [0.4, 0.5) is 0 Å². The molecule has 0 unspecified atom stereocenters. The number of aromatic nitrogens is 1. The topological polar surface area (TPSA) is 72.2 Å². The largest absolute Gasteiger partial charge is 0.404 e. The van der Waals surface area contributed by atoms with E-state index in [9.17, 15) is 9.59 Å². The number of carbonyl (C=O) groups is 1. The van der Waals surface area contributed by atoms with Gasteiger partial charge in [0.2, 0.25) is 5.89 Å². The molecule has 1 amide bonds. The van der Waals surface area contributed by atoms with Crippen LogP contribution in [0.2, 0.25) is 0 Å². The van der Waals surface area contributed by atoms with Gasteiger partial charge in [-0.05, 0) is 37.3 Å². The van der Waals surface area contributed by atoms with Gasteiger partial charge in [0.05, 0.1) is 5.70 Å². The van der Waals surface area contributed by atoms with Gasteiger partial charge >= 0.3 is 5.63 Å². The lowest BCUT2D eigenvalue weighted by Crippen LogP contribution is -2.12. The van der Waals surface area contributed by atoms with Crippen LogP contribution in [0, 0.1) is 0 Å². The molecule has 0 saturated heterocycles. The molecule has 0 fully saturated rings. The number of hydrogen-bond acceptors (Lipinski definition) is 5. The number of aryl methyl sites for hydroxylation is 2. The lowest BCUT2D eigenvalue weighted by molar-refractivity contribution is 0.0981. The Hall–Kier alpha value is -2.73. The molecule has 3 heterocycles. The molecular formula is C19H14N2O3S. The van der Waals surface area contributed by atoms with Crippen LogP contribution in [-0.4, -0.2) is 10.9 Å². The molecule has 1 aromatic carbocycles. The summed E-state index contributed by atoms with van der Waals surface area (Å²) in [4.78, 5) is 31.0. The Labute approximate surface area is 147 Å². The first-order valence-electron chi connectivity index (χ1n) is 8.28. The van der Waals surface area contributed by atoms with Gasteiger partial charge in [-0.3, -0.25) is 4.79 Å². The van der Waals surface area contributed by atoms with Crippen LogP contribution < -0.4 is 10.9 Å². The Balaban J connectivity index is 1.65. The van der Waals surface area contributed by atoms with Crippen molar-refractivity contribution in [3.8, 4) is 0 Å². The van der Waals surface area contributed by atoms with E-state index in [1.165, 1.54) is 4.88 Å². The van der Waals surface area contributed by atoms with E-state index in [1.807, 2.05) is 18.2 Å². The number of benzene rings is 1. The van der Waals surface area contributed by atoms with E-state index in [0.29, 0.717) is 16.6 Å². The summed E-state index contributed by atoms with van der Waals surface area (Å²) in [6, 6.07) is 7.32. The Kier molecular flexibility index (Phi) is 3.15. The van der Waals surface area contributed by atoms with Crippen molar-refractivity contribution in [3.63, 3.8) is 0 Å². The van der Waals surface area contributed by atoms with Gasteiger partial charge in [0.1, 0.15) is 10.2 Å². The molecule has 2 aromatic heterocycles. The van der Waals surface area contributed by atoms with Crippen molar-refractivity contribution in [2.24, 2.45) is 0 Å². The van der Waals surface area contributed by atoms with E-state index in [0.717, 1.165) is 41.6 Å². The molecule has 5 rings (SSSR count). The van der Waals surface area contributed by atoms with Gasteiger partial charge < -0.3 is 9.73 Å². The summed E-state index contributed by atoms with van der Waals surface area (Å²) in [6.07, 6.45) is 5.82. The number of amides is 1. The molecule has 6 heteroatoms. The second-order valence-corrected chi connectivity index (χ2v) is 7.37. The van der Waals surface area contributed by atoms with Crippen molar-refractivity contribution in [2.75, 3.05) is 0 Å². The van der Waals surface area contributed by atoms with Gasteiger partial charge in [-0.15, -0.1) is 11.3 Å². The van der Waals surface area contributed by atoms with Crippen LogP contribution in [0.15, 0.2) is 33.5 Å². The zero-order chi connectivity index (χ0) is 17.0. The third-order valence-corrected chi connectivity index (χ3v) is 5.93. The SMILES string of the molecule is O=C1N/C(=C/c2nc3sc4c(c3c(=O)o2)CCCC4)c2ccccc21. The van der Waals surface area contributed by atoms with Gasteiger partial charge in [0.25, 0.3) is 5.91 Å². The minimum Gasteiger partial charge on any atom is -0.404 e. The van der Waals surface area contributed by atoms with Gasteiger partial charge in [-0.1, -0.05) is 18.2 Å². The number of thiophene rings is 1. The van der Waals surface area contributed by atoms with E-state index in [2.05, 4.69) is 10.3 Å². The Morgan fingerprint density at radius 1 is 1.12 bits per heavy atom. The fourth-order valence-corrected chi connectivity index (χ4v) is 4.83. The number of rotatable bonds is 1. The summed E-state index contributed by atoms with van der Waals surface area (Å²) >= 11 is 1.58. The molecule has 0 radical (unpaired) electrons. The number of hydrogen-bond donors (Lipinski definition) is 1. The predicted molar refractivity (Wildman–Crippen MR) is 96.6 cm³/mol. The second-order valence-electron chi connectivity index (χ2n) is 6.29. The molecule has 5 nitrogen and oxygen atoms in total. The minimum atomic E-state index is -0.339. The van der Waals surface area contributed by atoms with Crippen LogP contribution in [0.5, 0.6) is 0 Å². The van der Waals surface area contributed by atoms with E-state index < -0.39 is 0 Å². The van der Waals surface area contributed by atoms with Crippen molar-refractivity contribution in [3.05, 3.63) is 62.1 Å². The predicted octanol–water partition coefficient (Wildman–Crippen LogP) is 3.37. The molecule has 25 heavy (non-hydrogen) atoms. The average Bonchev–Trinajstić information content (AvgIpc) is 3.13. The van der Waals surface area contributed by atoms with Crippen molar-refractivity contribution >= 4 is 39.2 Å². The standard InChI is InChI=1S/C19H14N2O3S/c22-17-11-6-2-1-5-10(11)13(20-17)9-15-21-18-16(19(23)24-15)12-7-3-4-8-14(12)25-18/h1-2,5-6,9H,3-4,7-8H2,(H,20,22)/b13-9+. The summed E-state index contributed by atoms with van der Waals surface area (Å²) in [7, 11) is 0. The zero-order valence-corrected chi connectivity index (χ0v) is 14.1. The van der Waals surface area contributed by atoms with Gasteiger partial charge in [-0.2, -0.15) is 0 Å². The van der Waals surface area contributed by atoms with Crippen LogP contribution in [-0.2, 0) is 12.8 Å². The summed E-state index contributed by atoms with van der Waals surface area (Å²) in [5.41, 5.74) is 2.79. The fourth-order valence-electron chi connectivity index (χ4n) is 3.58. The van der Waals surface area contributed by atoms with Crippen LogP contribution >= 0.6 is 11.3 Å². The van der Waals surface area contributed by atoms with Gasteiger partial charge in [0, 0.05) is 22.1 Å². The molecule has 124 valence electrons. The summed E-state index contributed by atoms with van der Waals surface area (Å²) in [5.74, 6) is 0.0694. The lowest BCUT2D eigenvalue weighted by Gasteiger charge is -2.09. The van der Waals surface area contributed by atoms with E-state index >= 15 is 0 Å². The third kappa shape index (κ3) is 2.25. The first-order valence-corrected chi connectivity index (χ1v) is 9.10. The highest BCUT2D eigenvalue weighted by Gasteiger charge is 2.24. The molecule has 1 N–H and O–H groups in total. The Bertz CT molecular complexity index is 1120. The maximum Gasteiger partial charge on any atom is 0.348 e. The number of fused-ring (bicyclic) bond motifs is 4. The van der Waals surface area contributed by atoms with Gasteiger partial charge in [0.15, 0.2) is 0 Å². The quantitative estimate of drug-likeness (QED) is 0.730. The summed E-state index contributed by atoms with van der Waals surface area (Å²) in [6.45, 7) is 0. The summed E-state index contributed by atoms with van der Waals surface area (Å²) < 4.78 is 5.44. The highest BCUT2D eigenvalue weighted by atomic mass is 32.1. The number of nitrogens with zero attached hydrogens (tertiary/aromatic N) is 1. The maximum atomic E-state index is 12.5. The summed E-state index contributed by atoms with van der Waals surface area (Å²) in [5, 5.41) is 3.44. The molecule has 3 aromatic rings. The third-order valence-electron chi connectivity index (χ3n) is 4.74. The molecule has 0 saturated carbocycles. The number of nitrogens with one attached hydrogen (secondary N) is 1. The normalized spacial score (nSPS) is 17.6.